The molecule has 2 rings (SSSR count). The van der Waals surface area contributed by atoms with Crippen LogP contribution in [0.4, 0.5) is 14.5 Å². The van der Waals surface area contributed by atoms with Crippen molar-refractivity contribution in [3.8, 4) is 5.75 Å². The second-order valence-electron chi connectivity index (χ2n) is 4.53. The van der Waals surface area contributed by atoms with E-state index in [-0.39, 0.29) is 5.75 Å². The summed E-state index contributed by atoms with van der Waals surface area (Å²) in [5.74, 6) is 0.143. The fourth-order valence-corrected chi connectivity index (χ4v) is 2.05. The van der Waals surface area contributed by atoms with E-state index in [1.807, 2.05) is 25.6 Å². The molecule has 6 heteroatoms. The van der Waals surface area contributed by atoms with E-state index < -0.39 is 6.61 Å². The van der Waals surface area contributed by atoms with Gasteiger partial charge in [-0.1, -0.05) is 6.07 Å². The predicted octanol–water partition coefficient (Wildman–Crippen LogP) is 3.25. The third-order valence-electron chi connectivity index (χ3n) is 3.19. The number of hydrogen-bond acceptors (Lipinski definition) is 3. The highest BCUT2D eigenvalue weighted by atomic mass is 19.3. The van der Waals surface area contributed by atoms with Gasteiger partial charge in [-0.2, -0.15) is 13.9 Å². The summed E-state index contributed by atoms with van der Waals surface area (Å²) in [6.07, 6.45) is 0. The number of aromatic nitrogens is 2. The first kappa shape index (κ1) is 14.3. The SMILES string of the molecule is Cc1nn(C)c(C)c1CNc1cccc(OC(F)F)c1. The number of benzene rings is 1. The Kier molecular flexibility index (Phi) is 4.22. The normalized spacial score (nSPS) is 10.9. The third kappa shape index (κ3) is 3.26. The molecule has 0 unspecified atom stereocenters. The molecular weight excluding hydrogens is 264 g/mol. The van der Waals surface area contributed by atoms with Gasteiger partial charge in [-0.3, -0.25) is 4.68 Å². The van der Waals surface area contributed by atoms with Gasteiger partial charge in [0.05, 0.1) is 5.69 Å². The lowest BCUT2D eigenvalue weighted by molar-refractivity contribution is -0.0498. The van der Waals surface area contributed by atoms with Crippen LogP contribution in [-0.4, -0.2) is 16.4 Å². The molecule has 0 aliphatic carbocycles. The fourth-order valence-electron chi connectivity index (χ4n) is 2.05. The smallest absolute Gasteiger partial charge is 0.387 e. The molecule has 1 heterocycles. The van der Waals surface area contributed by atoms with Crippen LogP contribution in [-0.2, 0) is 13.6 Å². The van der Waals surface area contributed by atoms with E-state index in [2.05, 4.69) is 15.2 Å². The largest absolute Gasteiger partial charge is 0.435 e. The molecule has 0 radical (unpaired) electrons. The third-order valence-corrected chi connectivity index (χ3v) is 3.19. The summed E-state index contributed by atoms with van der Waals surface area (Å²) in [5.41, 5.74) is 3.87. The number of hydrogen-bond donors (Lipinski definition) is 1. The van der Waals surface area contributed by atoms with Crippen molar-refractivity contribution < 1.29 is 13.5 Å². The lowest BCUT2D eigenvalue weighted by Gasteiger charge is -2.09. The standard InChI is InChI=1S/C14H17F2N3O/c1-9-13(10(2)19(3)18-9)8-17-11-5-4-6-12(7-11)20-14(15)16/h4-7,14,17H,8H2,1-3H3. The maximum atomic E-state index is 12.2. The lowest BCUT2D eigenvalue weighted by Crippen LogP contribution is -2.04. The minimum Gasteiger partial charge on any atom is -0.435 e. The van der Waals surface area contributed by atoms with Crippen molar-refractivity contribution in [2.75, 3.05) is 5.32 Å². The first-order valence-electron chi connectivity index (χ1n) is 6.25. The summed E-state index contributed by atoms with van der Waals surface area (Å²) in [5, 5.41) is 7.52. The molecule has 2 aromatic rings. The molecule has 0 saturated carbocycles. The average molecular weight is 281 g/mol. The van der Waals surface area contributed by atoms with Crippen LogP contribution in [0.3, 0.4) is 0 Å². The van der Waals surface area contributed by atoms with E-state index in [0.29, 0.717) is 6.54 Å². The number of ether oxygens (including phenoxy) is 1. The predicted molar refractivity (Wildman–Crippen MR) is 73.1 cm³/mol. The molecular formula is C14H17F2N3O. The van der Waals surface area contributed by atoms with Crippen molar-refractivity contribution in [1.29, 1.82) is 0 Å². The maximum Gasteiger partial charge on any atom is 0.387 e. The molecule has 0 atom stereocenters. The molecule has 0 spiro atoms. The Morgan fingerprint density at radius 3 is 2.70 bits per heavy atom. The second-order valence-corrected chi connectivity index (χ2v) is 4.53. The van der Waals surface area contributed by atoms with Crippen molar-refractivity contribution >= 4 is 5.69 Å². The fraction of sp³-hybridized carbons (Fsp3) is 0.357. The van der Waals surface area contributed by atoms with Crippen molar-refractivity contribution in [2.45, 2.75) is 27.0 Å². The molecule has 4 nitrogen and oxygen atoms in total. The topological polar surface area (TPSA) is 39.1 Å². The van der Waals surface area contributed by atoms with Gasteiger partial charge in [0.2, 0.25) is 0 Å². The Balaban J connectivity index is 2.07. The molecule has 108 valence electrons. The Hall–Kier alpha value is -2.11. The van der Waals surface area contributed by atoms with E-state index in [0.717, 1.165) is 22.6 Å². The zero-order valence-electron chi connectivity index (χ0n) is 11.7. The molecule has 20 heavy (non-hydrogen) atoms. The number of alkyl halides is 2. The molecule has 1 aromatic carbocycles. The molecule has 0 aliphatic heterocycles. The van der Waals surface area contributed by atoms with Crippen LogP contribution in [0, 0.1) is 13.8 Å². The van der Waals surface area contributed by atoms with Crippen LogP contribution in [0.1, 0.15) is 17.0 Å². The molecule has 0 amide bonds. The molecule has 0 bridgehead atoms. The number of aryl methyl sites for hydroxylation is 2. The van der Waals surface area contributed by atoms with Gasteiger partial charge in [0, 0.05) is 36.6 Å². The summed E-state index contributed by atoms with van der Waals surface area (Å²) >= 11 is 0. The number of halogens is 2. The average Bonchev–Trinajstić information content (AvgIpc) is 2.61. The van der Waals surface area contributed by atoms with Crippen molar-refractivity contribution in [3.63, 3.8) is 0 Å². The van der Waals surface area contributed by atoms with Gasteiger partial charge in [0.15, 0.2) is 0 Å². The zero-order valence-corrected chi connectivity index (χ0v) is 11.7. The first-order valence-corrected chi connectivity index (χ1v) is 6.25. The molecule has 1 aromatic heterocycles. The van der Waals surface area contributed by atoms with E-state index in [1.165, 1.54) is 6.07 Å². The Bertz CT molecular complexity index is 596. The van der Waals surface area contributed by atoms with Gasteiger partial charge in [-0.15, -0.1) is 0 Å². The minimum atomic E-state index is -2.81. The highest BCUT2D eigenvalue weighted by Crippen LogP contribution is 2.21. The monoisotopic (exact) mass is 281 g/mol. The van der Waals surface area contributed by atoms with Gasteiger partial charge in [0.1, 0.15) is 5.75 Å². The van der Waals surface area contributed by atoms with E-state index in [1.54, 1.807) is 18.2 Å². The van der Waals surface area contributed by atoms with E-state index >= 15 is 0 Å². The first-order chi connectivity index (χ1) is 9.47. The number of rotatable bonds is 5. The van der Waals surface area contributed by atoms with Gasteiger partial charge >= 0.3 is 6.61 Å². The Labute approximate surface area is 116 Å². The number of nitrogens with one attached hydrogen (secondary N) is 1. The van der Waals surface area contributed by atoms with Crippen LogP contribution in [0.15, 0.2) is 24.3 Å². The maximum absolute atomic E-state index is 12.2. The van der Waals surface area contributed by atoms with Crippen LogP contribution in [0.5, 0.6) is 5.75 Å². The second kappa shape index (κ2) is 5.90. The number of anilines is 1. The van der Waals surface area contributed by atoms with Crippen molar-refractivity contribution in [2.24, 2.45) is 7.05 Å². The summed E-state index contributed by atoms with van der Waals surface area (Å²) in [4.78, 5) is 0. The van der Waals surface area contributed by atoms with Gasteiger partial charge in [-0.05, 0) is 26.0 Å². The van der Waals surface area contributed by atoms with E-state index in [9.17, 15) is 8.78 Å². The summed E-state index contributed by atoms with van der Waals surface area (Å²) < 4.78 is 30.5. The molecule has 0 fully saturated rings. The summed E-state index contributed by atoms with van der Waals surface area (Å²) in [6, 6.07) is 6.52. The molecule has 0 aliphatic rings. The van der Waals surface area contributed by atoms with Crippen molar-refractivity contribution in [3.05, 3.63) is 41.2 Å². The minimum absolute atomic E-state index is 0.143. The lowest BCUT2D eigenvalue weighted by atomic mass is 10.2. The summed E-state index contributed by atoms with van der Waals surface area (Å²) in [6.45, 7) is 1.71. The van der Waals surface area contributed by atoms with Crippen LogP contribution in [0.2, 0.25) is 0 Å². The Morgan fingerprint density at radius 2 is 2.10 bits per heavy atom. The zero-order chi connectivity index (χ0) is 14.7. The quantitative estimate of drug-likeness (QED) is 0.914. The van der Waals surface area contributed by atoms with Gasteiger partial charge in [0.25, 0.3) is 0 Å². The molecule has 0 saturated heterocycles. The van der Waals surface area contributed by atoms with Crippen LogP contribution >= 0.6 is 0 Å². The molecule has 1 N–H and O–H groups in total. The van der Waals surface area contributed by atoms with Crippen LogP contribution in [0.25, 0.3) is 0 Å². The Morgan fingerprint density at radius 1 is 1.35 bits per heavy atom. The van der Waals surface area contributed by atoms with Gasteiger partial charge in [-0.25, -0.2) is 0 Å². The summed E-state index contributed by atoms with van der Waals surface area (Å²) in [7, 11) is 1.89. The highest BCUT2D eigenvalue weighted by molar-refractivity contribution is 5.49. The highest BCUT2D eigenvalue weighted by Gasteiger charge is 2.09. The van der Waals surface area contributed by atoms with E-state index in [4.69, 9.17) is 0 Å². The number of nitrogens with zero attached hydrogens (tertiary/aromatic N) is 2. The van der Waals surface area contributed by atoms with Crippen LogP contribution < -0.4 is 10.1 Å². The van der Waals surface area contributed by atoms with Crippen molar-refractivity contribution in [1.82, 2.24) is 9.78 Å². The van der Waals surface area contributed by atoms with Gasteiger partial charge < -0.3 is 10.1 Å².